The van der Waals surface area contributed by atoms with Crippen molar-refractivity contribution < 1.29 is 19.4 Å². The first-order chi connectivity index (χ1) is 12.0. The van der Waals surface area contributed by atoms with Crippen molar-refractivity contribution in [1.82, 2.24) is 10.2 Å². The highest BCUT2D eigenvalue weighted by Gasteiger charge is 2.10. The smallest absolute Gasteiger partial charge is 0.317 e. The van der Waals surface area contributed by atoms with Crippen molar-refractivity contribution in [3.63, 3.8) is 0 Å². The van der Waals surface area contributed by atoms with E-state index in [9.17, 15) is 9.59 Å². The molecule has 0 unspecified atom stereocenters. The van der Waals surface area contributed by atoms with Crippen molar-refractivity contribution in [3.05, 3.63) is 65.7 Å². The Hall–Kier alpha value is -2.86. The van der Waals surface area contributed by atoms with E-state index in [0.717, 1.165) is 16.9 Å². The van der Waals surface area contributed by atoms with Gasteiger partial charge in [-0.3, -0.25) is 14.5 Å². The van der Waals surface area contributed by atoms with Crippen LogP contribution in [0.25, 0.3) is 0 Å². The minimum absolute atomic E-state index is 0.0367. The van der Waals surface area contributed by atoms with Crippen LogP contribution in [0.2, 0.25) is 0 Å². The molecule has 0 aliphatic heterocycles. The zero-order valence-electron chi connectivity index (χ0n) is 14.1. The summed E-state index contributed by atoms with van der Waals surface area (Å²) in [6.07, 6.45) is 0. The second-order valence-electron chi connectivity index (χ2n) is 5.71. The Bertz CT molecular complexity index is 704. The third-order valence-electron chi connectivity index (χ3n) is 3.55. The number of hydrogen-bond acceptors (Lipinski definition) is 4. The van der Waals surface area contributed by atoms with E-state index in [2.05, 4.69) is 5.32 Å². The fourth-order valence-electron chi connectivity index (χ4n) is 2.33. The van der Waals surface area contributed by atoms with E-state index < -0.39 is 5.97 Å². The molecule has 2 rings (SSSR count). The molecular formula is C19H22N2O4. The number of likely N-dealkylation sites (N-methyl/N-ethyl adjacent to an activating group) is 1. The molecule has 0 aromatic heterocycles. The second-order valence-corrected chi connectivity index (χ2v) is 5.71. The van der Waals surface area contributed by atoms with E-state index in [1.165, 1.54) is 4.90 Å². The molecule has 1 amide bonds. The summed E-state index contributed by atoms with van der Waals surface area (Å²) in [5, 5.41) is 11.5. The van der Waals surface area contributed by atoms with Gasteiger partial charge in [-0.15, -0.1) is 0 Å². The van der Waals surface area contributed by atoms with Crippen LogP contribution in [0.4, 0.5) is 0 Å². The van der Waals surface area contributed by atoms with Gasteiger partial charge in [-0.2, -0.15) is 0 Å². The number of hydrogen-bond donors (Lipinski definition) is 2. The predicted octanol–water partition coefficient (Wildman–Crippen LogP) is 1.90. The highest BCUT2D eigenvalue weighted by Crippen LogP contribution is 2.14. The Morgan fingerprint density at radius 3 is 2.32 bits per heavy atom. The monoisotopic (exact) mass is 342 g/mol. The van der Waals surface area contributed by atoms with Gasteiger partial charge in [-0.25, -0.2) is 0 Å². The van der Waals surface area contributed by atoms with E-state index >= 15 is 0 Å². The van der Waals surface area contributed by atoms with Crippen LogP contribution in [0, 0.1) is 0 Å². The first-order valence-electron chi connectivity index (χ1n) is 7.96. The van der Waals surface area contributed by atoms with Crippen LogP contribution in [0.3, 0.4) is 0 Å². The maximum Gasteiger partial charge on any atom is 0.317 e. The number of para-hydroxylation sites is 1. The molecule has 0 saturated heterocycles. The molecule has 0 fully saturated rings. The largest absolute Gasteiger partial charge is 0.489 e. The minimum Gasteiger partial charge on any atom is -0.489 e. The first kappa shape index (κ1) is 18.5. The van der Waals surface area contributed by atoms with Crippen LogP contribution < -0.4 is 10.1 Å². The number of carbonyl (C=O) groups excluding carboxylic acids is 1. The van der Waals surface area contributed by atoms with Crippen LogP contribution in [0.5, 0.6) is 5.75 Å². The zero-order valence-corrected chi connectivity index (χ0v) is 14.1. The van der Waals surface area contributed by atoms with E-state index in [1.54, 1.807) is 7.05 Å². The van der Waals surface area contributed by atoms with Gasteiger partial charge in [0.25, 0.3) is 0 Å². The lowest BCUT2D eigenvalue weighted by atomic mass is 10.1. The number of nitrogens with one attached hydrogen (secondary N) is 1. The van der Waals surface area contributed by atoms with E-state index in [-0.39, 0.29) is 19.0 Å². The summed E-state index contributed by atoms with van der Waals surface area (Å²) < 4.78 is 5.76. The van der Waals surface area contributed by atoms with Gasteiger partial charge in [-0.05, 0) is 30.3 Å². The van der Waals surface area contributed by atoms with Crippen LogP contribution >= 0.6 is 0 Å². The van der Waals surface area contributed by atoms with Crippen LogP contribution in [0.15, 0.2) is 54.6 Å². The molecule has 0 bridgehead atoms. The molecule has 0 heterocycles. The fraction of sp³-hybridized carbons (Fsp3) is 0.263. The lowest BCUT2D eigenvalue weighted by molar-refractivity contribution is -0.138. The van der Waals surface area contributed by atoms with Gasteiger partial charge in [0.2, 0.25) is 5.91 Å². The number of aliphatic carboxylic acids is 1. The van der Waals surface area contributed by atoms with E-state index in [0.29, 0.717) is 13.2 Å². The van der Waals surface area contributed by atoms with Crippen molar-refractivity contribution in [3.8, 4) is 5.75 Å². The van der Waals surface area contributed by atoms with Crippen molar-refractivity contribution in [2.75, 3.05) is 20.1 Å². The average Bonchev–Trinajstić information content (AvgIpc) is 2.59. The maximum atomic E-state index is 11.9. The number of ether oxygens (including phenoxy) is 1. The molecule has 0 aliphatic carbocycles. The Morgan fingerprint density at radius 1 is 1.00 bits per heavy atom. The number of carboxylic acid groups (broad SMARTS) is 1. The molecule has 0 aliphatic rings. The fourth-order valence-corrected chi connectivity index (χ4v) is 2.33. The summed E-state index contributed by atoms with van der Waals surface area (Å²) >= 11 is 0. The van der Waals surface area contributed by atoms with E-state index in [4.69, 9.17) is 9.84 Å². The molecule has 6 nitrogen and oxygen atoms in total. The highest BCUT2D eigenvalue weighted by atomic mass is 16.5. The molecule has 132 valence electrons. The molecule has 2 aromatic rings. The summed E-state index contributed by atoms with van der Waals surface area (Å²) in [4.78, 5) is 24.0. The minimum atomic E-state index is -0.960. The van der Waals surface area contributed by atoms with Crippen LogP contribution in [-0.4, -0.2) is 42.0 Å². The van der Waals surface area contributed by atoms with Gasteiger partial charge in [0.05, 0.1) is 13.1 Å². The lowest BCUT2D eigenvalue weighted by Crippen LogP contribution is -2.37. The summed E-state index contributed by atoms with van der Waals surface area (Å²) in [6.45, 7) is 0.646. The number of benzene rings is 2. The summed E-state index contributed by atoms with van der Waals surface area (Å²) in [6, 6.07) is 17.3. The molecule has 2 N–H and O–H groups in total. The Morgan fingerprint density at radius 2 is 1.64 bits per heavy atom. The maximum absolute atomic E-state index is 11.9. The average molecular weight is 342 g/mol. The quantitative estimate of drug-likeness (QED) is 0.728. The van der Waals surface area contributed by atoms with Gasteiger partial charge in [0.15, 0.2) is 0 Å². The van der Waals surface area contributed by atoms with Crippen molar-refractivity contribution in [2.45, 2.75) is 13.2 Å². The van der Waals surface area contributed by atoms with Gasteiger partial charge in [0.1, 0.15) is 12.4 Å². The summed E-state index contributed by atoms with van der Waals surface area (Å²) in [7, 11) is 1.59. The Kier molecular flexibility index (Phi) is 6.98. The molecule has 6 heteroatoms. The standard InChI is InChI=1S/C19H22N2O4/c1-21(13-19(23)24)12-18(22)20-11-15-7-5-6-8-16(15)14-25-17-9-3-2-4-10-17/h2-10H,11-14H2,1H3,(H,20,22)(H,23,24). The molecule has 0 saturated carbocycles. The number of carbonyl (C=O) groups is 2. The molecular weight excluding hydrogens is 320 g/mol. The molecule has 0 radical (unpaired) electrons. The molecule has 0 spiro atoms. The first-order valence-corrected chi connectivity index (χ1v) is 7.96. The van der Waals surface area contributed by atoms with Gasteiger partial charge in [-0.1, -0.05) is 42.5 Å². The second kappa shape index (κ2) is 9.44. The van der Waals surface area contributed by atoms with E-state index in [1.807, 2.05) is 54.6 Å². The van der Waals surface area contributed by atoms with Crippen molar-refractivity contribution in [1.29, 1.82) is 0 Å². The zero-order chi connectivity index (χ0) is 18.1. The van der Waals surface area contributed by atoms with Crippen LogP contribution in [-0.2, 0) is 22.7 Å². The number of rotatable bonds is 9. The number of nitrogens with zero attached hydrogens (tertiary/aromatic N) is 1. The summed E-state index contributed by atoms with van der Waals surface area (Å²) in [5.41, 5.74) is 1.96. The number of amides is 1. The normalized spacial score (nSPS) is 10.5. The SMILES string of the molecule is CN(CC(=O)O)CC(=O)NCc1ccccc1COc1ccccc1. The Labute approximate surface area is 147 Å². The topological polar surface area (TPSA) is 78.9 Å². The summed E-state index contributed by atoms with van der Waals surface area (Å²) in [5.74, 6) is -0.391. The third-order valence-corrected chi connectivity index (χ3v) is 3.55. The van der Waals surface area contributed by atoms with Gasteiger partial charge in [0, 0.05) is 6.54 Å². The van der Waals surface area contributed by atoms with Crippen molar-refractivity contribution in [2.24, 2.45) is 0 Å². The van der Waals surface area contributed by atoms with Gasteiger partial charge >= 0.3 is 5.97 Å². The van der Waals surface area contributed by atoms with Crippen molar-refractivity contribution >= 4 is 11.9 Å². The number of carboxylic acids is 1. The molecule has 25 heavy (non-hydrogen) atoms. The van der Waals surface area contributed by atoms with Gasteiger partial charge < -0.3 is 15.2 Å². The third kappa shape index (κ3) is 6.64. The van der Waals surface area contributed by atoms with Crippen LogP contribution in [0.1, 0.15) is 11.1 Å². The highest BCUT2D eigenvalue weighted by molar-refractivity contribution is 5.79. The lowest BCUT2D eigenvalue weighted by Gasteiger charge is -2.15. The molecule has 0 atom stereocenters. The predicted molar refractivity (Wildman–Crippen MR) is 94.2 cm³/mol. The molecule has 2 aromatic carbocycles. The Balaban J connectivity index is 1.87.